The van der Waals surface area contributed by atoms with Gasteiger partial charge in [-0.25, -0.2) is 0 Å². The van der Waals surface area contributed by atoms with Crippen LogP contribution in [0.2, 0.25) is 0 Å². The van der Waals surface area contributed by atoms with E-state index in [0.29, 0.717) is 13.0 Å². The topological polar surface area (TPSA) is 12.0 Å². The summed E-state index contributed by atoms with van der Waals surface area (Å²) in [5, 5.41) is 4.66. The fourth-order valence-corrected chi connectivity index (χ4v) is 1.86. The number of benzene rings is 2. The smallest absolute Gasteiger partial charge is 0.308 e. The van der Waals surface area contributed by atoms with E-state index in [1.165, 1.54) is 0 Å². The molecule has 0 saturated heterocycles. The summed E-state index contributed by atoms with van der Waals surface area (Å²) in [6, 6.07) is 13.9. The lowest BCUT2D eigenvalue weighted by molar-refractivity contribution is -0.124. The van der Waals surface area contributed by atoms with E-state index in [2.05, 4.69) is 5.32 Å². The maximum atomic E-state index is 11.9. The zero-order chi connectivity index (χ0) is 13.0. The summed E-state index contributed by atoms with van der Waals surface area (Å²) < 4.78 is 35.8. The van der Waals surface area contributed by atoms with Crippen molar-refractivity contribution in [3.05, 3.63) is 48.0 Å². The van der Waals surface area contributed by atoms with Gasteiger partial charge in [0, 0.05) is 0 Å². The van der Waals surface area contributed by atoms with Crippen LogP contribution in [-0.4, -0.2) is 19.3 Å². The number of hydrogen-bond donors (Lipinski definition) is 1. The Labute approximate surface area is 104 Å². The fraction of sp³-hybridized carbons (Fsp3) is 0.286. The third-order valence-corrected chi connectivity index (χ3v) is 2.73. The molecular formula is C14H14F3N. The van der Waals surface area contributed by atoms with E-state index in [1.54, 1.807) is 0 Å². The van der Waals surface area contributed by atoms with Crippen molar-refractivity contribution in [3.63, 3.8) is 0 Å². The van der Waals surface area contributed by atoms with Crippen LogP contribution < -0.4 is 5.32 Å². The summed E-state index contributed by atoms with van der Waals surface area (Å²) in [6.07, 6.45) is -3.54. The minimum atomic E-state index is -4.14. The molecule has 0 aliphatic heterocycles. The van der Waals surface area contributed by atoms with Crippen molar-refractivity contribution in [2.75, 3.05) is 13.1 Å². The lowest BCUT2D eigenvalue weighted by Gasteiger charge is -2.08. The highest BCUT2D eigenvalue weighted by atomic mass is 19.4. The lowest BCUT2D eigenvalue weighted by Crippen LogP contribution is -2.30. The van der Waals surface area contributed by atoms with Crippen LogP contribution in [0.5, 0.6) is 0 Å². The third-order valence-electron chi connectivity index (χ3n) is 2.73. The third kappa shape index (κ3) is 3.74. The number of hydrogen-bond acceptors (Lipinski definition) is 1. The predicted octanol–water partition coefficient (Wildman–Crippen LogP) is 3.53. The van der Waals surface area contributed by atoms with E-state index in [1.807, 2.05) is 42.5 Å². The Balaban J connectivity index is 1.92. The Morgan fingerprint density at radius 2 is 1.67 bits per heavy atom. The van der Waals surface area contributed by atoms with Gasteiger partial charge in [-0.15, -0.1) is 0 Å². The summed E-state index contributed by atoms with van der Waals surface area (Å²) in [5.74, 6) is 0. The van der Waals surface area contributed by atoms with Gasteiger partial charge in [0.25, 0.3) is 0 Å². The van der Waals surface area contributed by atoms with Gasteiger partial charge < -0.3 is 5.32 Å². The van der Waals surface area contributed by atoms with Crippen molar-refractivity contribution in [3.8, 4) is 0 Å². The molecular weight excluding hydrogens is 239 g/mol. The molecule has 0 aliphatic carbocycles. The monoisotopic (exact) mass is 253 g/mol. The molecule has 96 valence electrons. The summed E-state index contributed by atoms with van der Waals surface area (Å²) in [4.78, 5) is 0. The molecule has 0 saturated carbocycles. The molecule has 0 atom stereocenters. The normalized spacial score (nSPS) is 11.9. The molecule has 0 aliphatic rings. The minimum Gasteiger partial charge on any atom is -0.308 e. The van der Waals surface area contributed by atoms with Crippen LogP contribution in [0.1, 0.15) is 5.56 Å². The first-order valence-electron chi connectivity index (χ1n) is 5.80. The van der Waals surface area contributed by atoms with Gasteiger partial charge >= 0.3 is 6.18 Å². The second kappa shape index (κ2) is 5.40. The van der Waals surface area contributed by atoms with Crippen LogP contribution in [-0.2, 0) is 6.42 Å². The molecule has 0 bridgehead atoms. The highest BCUT2D eigenvalue weighted by molar-refractivity contribution is 5.82. The standard InChI is InChI=1S/C14H14F3N/c15-14(16,17)10-18-8-7-11-5-6-12-3-1-2-4-13(12)9-11/h1-6,9,18H,7-8,10H2. The molecule has 0 aromatic heterocycles. The molecule has 0 heterocycles. The van der Waals surface area contributed by atoms with Crippen LogP contribution in [0, 0.1) is 0 Å². The highest BCUT2D eigenvalue weighted by Crippen LogP contribution is 2.16. The van der Waals surface area contributed by atoms with Gasteiger partial charge in [0.1, 0.15) is 0 Å². The molecule has 2 aromatic carbocycles. The quantitative estimate of drug-likeness (QED) is 0.822. The molecule has 2 aromatic rings. The molecule has 0 unspecified atom stereocenters. The Bertz CT molecular complexity index is 520. The molecule has 4 heteroatoms. The predicted molar refractivity (Wildman–Crippen MR) is 66.6 cm³/mol. The molecule has 1 N–H and O–H groups in total. The maximum Gasteiger partial charge on any atom is 0.401 e. The minimum absolute atomic E-state index is 0.331. The van der Waals surface area contributed by atoms with Gasteiger partial charge in [-0.1, -0.05) is 42.5 Å². The first-order valence-corrected chi connectivity index (χ1v) is 5.80. The highest BCUT2D eigenvalue weighted by Gasteiger charge is 2.25. The van der Waals surface area contributed by atoms with Gasteiger partial charge in [0.15, 0.2) is 0 Å². The zero-order valence-corrected chi connectivity index (χ0v) is 9.80. The summed E-state index contributed by atoms with van der Waals surface area (Å²) in [5.41, 5.74) is 1.04. The second-order valence-electron chi connectivity index (χ2n) is 4.22. The molecule has 18 heavy (non-hydrogen) atoms. The van der Waals surface area contributed by atoms with Crippen molar-refractivity contribution in [2.24, 2.45) is 0 Å². The van der Waals surface area contributed by atoms with Crippen molar-refractivity contribution in [1.29, 1.82) is 0 Å². The molecule has 0 amide bonds. The number of fused-ring (bicyclic) bond motifs is 1. The lowest BCUT2D eigenvalue weighted by atomic mass is 10.1. The van der Waals surface area contributed by atoms with Gasteiger partial charge in [-0.05, 0) is 29.3 Å². The molecule has 0 radical (unpaired) electrons. The van der Waals surface area contributed by atoms with Crippen molar-refractivity contribution < 1.29 is 13.2 Å². The first kappa shape index (κ1) is 12.9. The van der Waals surface area contributed by atoms with Crippen molar-refractivity contribution >= 4 is 10.8 Å². The summed E-state index contributed by atoms with van der Waals surface area (Å²) in [6.45, 7) is -0.599. The fourth-order valence-electron chi connectivity index (χ4n) is 1.86. The van der Waals surface area contributed by atoms with Crippen molar-refractivity contribution in [2.45, 2.75) is 12.6 Å². The number of alkyl halides is 3. The van der Waals surface area contributed by atoms with Crippen LogP contribution in [0.15, 0.2) is 42.5 Å². The number of halogens is 3. The summed E-state index contributed by atoms with van der Waals surface area (Å²) >= 11 is 0. The maximum absolute atomic E-state index is 11.9. The summed E-state index contributed by atoms with van der Waals surface area (Å²) in [7, 11) is 0. The molecule has 0 spiro atoms. The zero-order valence-electron chi connectivity index (χ0n) is 9.80. The van der Waals surface area contributed by atoms with E-state index >= 15 is 0 Å². The van der Waals surface area contributed by atoms with Crippen LogP contribution in [0.25, 0.3) is 10.8 Å². The van der Waals surface area contributed by atoms with Gasteiger partial charge in [-0.3, -0.25) is 0 Å². The largest absolute Gasteiger partial charge is 0.401 e. The Kier molecular flexibility index (Phi) is 3.87. The van der Waals surface area contributed by atoms with E-state index in [4.69, 9.17) is 0 Å². The van der Waals surface area contributed by atoms with E-state index in [0.717, 1.165) is 16.3 Å². The number of nitrogens with one attached hydrogen (secondary N) is 1. The van der Waals surface area contributed by atoms with Crippen molar-refractivity contribution in [1.82, 2.24) is 5.32 Å². The van der Waals surface area contributed by atoms with Crippen LogP contribution in [0.3, 0.4) is 0 Å². The molecule has 1 nitrogen and oxygen atoms in total. The Morgan fingerprint density at radius 1 is 0.944 bits per heavy atom. The molecule has 2 rings (SSSR count). The van der Waals surface area contributed by atoms with Crippen LogP contribution >= 0.6 is 0 Å². The first-order chi connectivity index (χ1) is 8.54. The number of rotatable bonds is 4. The SMILES string of the molecule is FC(F)(F)CNCCc1ccc2ccccc2c1. The average Bonchev–Trinajstić information content (AvgIpc) is 2.33. The molecule has 0 fully saturated rings. The van der Waals surface area contributed by atoms with E-state index < -0.39 is 12.7 Å². The van der Waals surface area contributed by atoms with E-state index in [-0.39, 0.29) is 0 Å². The average molecular weight is 253 g/mol. The second-order valence-corrected chi connectivity index (χ2v) is 4.22. The Morgan fingerprint density at radius 3 is 2.39 bits per heavy atom. The van der Waals surface area contributed by atoms with Gasteiger partial charge in [-0.2, -0.15) is 13.2 Å². The van der Waals surface area contributed by atoms with Crippen LogP contribution in [0.4, 0.5) is 13.2 Å². The van der Waals surface area contributed by atoms with E-state index in [9.17, 15) is 13.2 Å². The van der Waals surface area contributed by atoms with Gasteiger partial charge in [0.2, 0.25) is 0 Å². The van der Waals surface area contributed by atoms with Gasteiger partial charge in [0.05, 0.1) is 6.54 Å². The Hall–Kier alpha value is -1.55.